The molecule has 0 spiro atoms. The number of ether oxygens (including phenoxy) is 1. The predicted octanol–water partition coefficient (Wildman–Crippen LogP) is 4.26. The van der Waals surface area contributed by atoms with Crippen molar-refractivity contribution < 1.29 is 27.5 Å². The fourth-order valence-electron chi connectivity index (χ4n) is 1.71. The van der Waals surface area contributed by atoms with Crippen molar-refractivity contribution >= 4 is 27.5 Å². The summed E-state index contributed by atoms with van der Waals surface area (Å²) in [6.45, 7) is -3.03. The van der Waals surface area contributed by atoms with Gasteiger partial charge in [-0.25, -0.2) is 4.39 Å². The van der Waals surface area contributed by atoms with Crippen LogP contribution in [0.25, 0.3) is 0 Å². The number of benzene rings is 2. The van der Waals surface area contributed by atoms with Crippen LogP contribution >= 0.6 is 15.9 Å². The predicted molar refractivity (Wildman–Crippen MR) is 75.8 cm³/mol. The molecule has 0 N–H and O–H groups in total. The van der Waals surface area contributed by atoms with Gasteiger partial charge in [-0.2, -0.15) is 8.78 Å². The van der Waals surface area contributed by atoms with Gasteiger partial charge in [-0.1, -0.05) is 12.1 Å². The Morgan fingerprint density at radius 3 is 2.23 bits per heavy atom. The number of halogens is 4. The van der Waals surface area contributed by atoms with Crippen molar-refractivity contribution in [2.75, 3.05) is 0 Å². The fraction of sp³-hybridized carbons (Fsp3) is 0.0667. The van der Waals surface area contributed by atoms with Gasteiger partial charge in [-0.3, -0.25) is 9.59 Å². The summed E-state index contributed by atoms with van der Waals surface area (Å²) >= 11 is 2.92. The minimum atomic E-state index is -3.03. The van der Waals surface area contributed by atoms with E-state index in [2.05, 4.69) is 20.7 Å². The molecule has 0 radical (unpaired) electrons. The van der Waals surface area contributed by atoms with Crippen LogP contribution in [0.2, 0.25) is 0 Å². The van der Waals surface area contributed by atoms with Crippen LogP contribution in [0.3, 0.4) is 0 Å². The van der Waals surface area contributed by atoms with Crippen molar-refractivity contribution in [3.8, 4) is 5.75 Å². The highest BCUT2D eigenvalue weighted by Crippen LogP contribution is 2.20. The highest BCUT2D eigenvalue weighted by Gasteiger charge is 2.20. The standard InChI is InChI=1S/C15H8BrF3O3/c16-11-7-9(4-5-12(11)17)14(21)13(20)8-2-1-3-10(6-8)22-15(18)19/h1-7,15H. The van der Waals surface area contributed by atoms with Crippen molar-refractivity contribution in [1.29, 1.82) is 0 Å². The van der Waals surface area contributed by atoms with Gasteiger partial charge >= 0.3 is 6.61 Å². The van der Waals surface area contributed by atoms with Gasteiger partial charge in [0.2, 0.25) is 11.6 Å². The molecule has 0 saturated carbocycles. The van der Waals surface area contributed by atoms with E-state index in [-0.39, 0.29) is 21.3 Å². The largest absolute Gasteiger partial charge is 0.435 e. The second kappa shape index (κ2) is 6.74. The summed E-state index contributed by atoms with van der Waals surface area (Å²) < 4.78 is 41.6. The Hall–Kier alpha value is -2.15. The Bertz CT molecular complexity index is 732. The number of hydrogen-bond acceptors (Lipinski definition) is 3. The van der Waals surface area contributed by atoms with Crippen molar-refractivity contribution in [1.82, 2.24) is 0 Å². The number of rotatable bonds is 5. The molecule has 22 heavy (non-hydrogen) atoms. The third-order valence-corrected chi connectivity index (χ3v) is 3.32. The number of hydrogen-bond donors (Lipinski definition) is 0. The maximum absolute atomic E-state index is 13.1. The second-order valence-electron chi connectivity index (χ2n) is 4.19. The Balaban J connectivity index is 2.27. The first-order chi connectivity index (χ1) is 10.4. The van der Waals surface area contributed by atoms with E-state index >= 15 is 0 Å². The van der Waals surface area contributed by atoms with Crippen LogP contribution in [-0.2, 0) is 0 Å². The highest BCUT2D eigenvalue weighted by atomic mass is 79.9. The molecule has 0 fully saturated rings. The van der Waals surface area contributed by atoms with Crippen molar-refractivity contribution in [2.45, 2.75) is 6.61 Å². The molecule has 3 nitrogen and oxygen atoms in total. The van der Waals surface area contributed by atoms with Gasteiger partial charge in [0.1, 0.15) is 11.6 Å². The number of Topliss-reactive ketones (excluding diaryl/α,β-unsaturated/α-hetero) is 2. The van der Waals surface area contributed by atoms with E-state index in [0.717, 1.165) is 12.1 Å². The molecule has 0 aliphatic rings. The Morgan fingerprint density at radius 2 is 1.64 bits per heavy atom. The molecule has 114 valence electrons. The zero-order valence-corrected chi connectivity index (χ0v) is 12.4. The van der Waals surface area contributed by atoms with E-state index in [0.29, 0.717) is 0 Å². The molecule has 0 saturated heterocycles. The molecule has 0 amide bonds. The SMILES string of the molecule is O=C(C(=O)c1ccc(F)c(Br)c1)c1cccc(OC(F)F)c1. The van der Waals surface area contributed by atoms with E-state index < -0.39 is 24.0 Å². The lowest BCUT2D eigenvalue weighted by Gasteiger charge is -2.06. The summed E-state index contributed by atoms with van der Waals surface area (Å²) in [5, 5.41) is 0. The molecule has 2 aromatic carbocycles. The lowest BCUT2D eigenvalue weighted by molar-refractivity contribution is -0.0498. The summed E-state index contributed by atoms with van der Waals surface area (Å²) in [5.74, 6) is -2.58. The Labute approximate surface area is 131 Å². The van der Waals surface area contributed by atoms with Crippen LogP contribution in [0.15, 0.2) is 46.9 Å². The molecule has 0 aliphatic heterocycles. The van der Waals surface area contributed by atoms with E-state index in [1.165, 1.54) is 30.3 Å². The topological polar surface area (TPSA) is 43.4 Å². The van der Waals surface area contributed by atoms with Gasteiger partial charge in [0.25, 0.3) is 0 Å². The molecule has 2 rings (SSSR count). The minimum Gasteiger partial charge on any atom is -0.435 e. The molecule has 0 aromatic heterocycles. The first-order valence-electron chi connectivity index (χ1n) is 5.97. The summed E-state index contributed by atoms with van der Waals surface area (Å²) in [6, 6.07) is 8.29. The second-order valence-corrected chi connectivity index (χ2v) is 5.05. The molecule has 2 aromatic rings. The zero-order chi connectivity index (χ0) is 16.3. The molecular weight excluding hydrogens is 365 g/mol. The monoisotopic (exact) mass is 372 g/mol. The van der Waals surface area contributed by atoms with Crippen molar-refractivity contribution in [2.24, 2.45) is 0 Å². The number of carbonyl (C=O) groups is 2. The lowest BCUT2D eigenvalue weighted by Crippen LogP contribution is -2.15. The van der Waals surface area contributed by atoms with Crippen LogP contribution in [0.5, 0.6) is 5.75 Å². The normalized spacial score (nSPS) is 10.6. The number of ketones is 2. The van der Waals surface area contributed by atoms with Gasteiger partial charge < -0.3 is 4.74 Å². The number of alkyl halides is 2. The first kappa shape index (κ1) is 16.2. The zero-order valence-electron chi connectivity index (χ0n) is 10.9. The van der Waals surface area contributed by atoms with Crippen LogP contribution in [-0.4, -0.2) is 18.2 Å². The van der Waals surface area contributed by atoms with Crippen LogP contribution in [0, 0.1) is 5.82 Å². The Morgan fingerprint density at radius 1 is 1.00 bits per heavy atom. The van der Waals surface area contributed by atoms with Gasteiger partial charge in [0, 0.05) is 11.1 Å². The molecule has 0 bridgehead atoms. The van der Waals surface area contributed by atoms with E-state index in [4.69, 9.17) is 0 Å². The van der Waals surface area contributed by atoms with Gasteiger partial charge in [-0.15, -0.1) is 0 Å². The molecule has 0 unspecified atom stereocenters. The maximum atomic E-state index is 13.1. The average molecular weight is 373 g/mol. The van der Waals surface area contributed by atoms with E-state index in [1.54, 1.807) is 0 Å². The number of carbonyl (C=O) groups excluding carboxylic acids is 2. The summed E-state index contributed by atoms with van der Waals surface area (Å²) in [7, 11) is 0. The molecule has 0 aliphatic carbocycles. The van der Waals surface area contributed by atoms with Crippen LogP contribution < -0.4 is 4.74 Å². The highest BCUT2D eigenvalue weighted by molar-refractivity contribution is 9.10. The third kappa shape index (κ3) is 3.73. The fourth-order valence-corrected chi connectivity index (χ4v) is 2.09. The summed E-state index contributed by atoms with van der Waals surface area (Å²) in [4.78, 5) is 24.1. The third-order valence-electron chi connectivity index (χ3n) is 2.71. The lowest BCUT2D eigenvalue weighted by atomic mass is 10.0. The van der Waals surface area contributed by atoms with Crippen molar-refractivity contribution in [3.63, 3.8) is 0 Å². The van der Waals surface area contributed by atoms with Gasteiger partial charge in [0.05, 0.1) is 4.47 Å². The average Bonchev–Trinajstić information content (AvgIpc) is 2.48. The van der Waals surface area contributed by atoms with E-state index in [1.807, 2.05) is 0 Å². The van der Waals surface area contributed by atoms with Crippen LogP contribution in [0.4, 0.5) is 13.2 Å². The Kier molecular flexibility index (Phi) is 4.97. The smallest absolute Gasteiger partial charge is 0.387 e. The molecular formula is C15H8BrF3O3. The van der Waals surface area contributed by atoms with Crippen molar-refractivity contribution in [3.05, 3.63) is 63.9 Å². The summed E-state index contributed by atoms with van der Waals surface area (Å²) in [5.41, 5.74) is -0.109. The first-order valence-corrected chi connectivity index (χ1v) is 6.76. The molecule has 0 atom stereocenters. The van der Waals surface area contributed by atoms with Gasteiger partial charge in [0.15, 0.2) is 0 Å². The summed E-state index contributed by atoms with van der Waals surface area (Å²) in [6.07, 6.45) is 0. The maximum Gasteiger partial charge on any atom is 0.387 e. The molecule has 0 heterocycles. The van der Waals surface area contributed by atoms with Gasteiger partial charge in [-0.05, 0) is 46.3 Å². The van der Waals surface area contributed by atoms with E-state index in [9.17, 15) is 22.8 Å². The molecule has 7 heteroatoms. The minimum absolute atomic E-state index is 0.0153. The quantitative estimate of drug-likeness (QED) is 0.581. The van der Waals surface area contributed by atoms with Crippen LogP contribution in [0.1, 0.15) is 20.7 Å².